The molecule has 0 unspecified atom stereocenters. The number of carbonyl (C=O) groups excluding carboxylic acids is 1. The van der Waals surface area contributed by atoms with E-state index in [1.807, 2.05) is 30.3 Å². The minimum absolute atomic E-state index is 0.267. The van der Waals surface area contributed by atoms with E-state index in [0.717, 1.165) is 23.4 Å². The van der Waals surface area contributed by atoms with Gasteiger partial charge in [0.05, 0.1) is 12.4 Å². The number of amides is 1. The number of aryl methyl sites for hydroxylation is 3. The molecule has 0 aliphatic rings. The maximum atomic E-state index is 12.4. The Hall–Kier alpha value is -3.21. The lowest BCUT2D eigenvalue weighted by Crippen LogP contribution is -2.15. The van der Waals surface area contributed by atoms with Gasteiger partial charge in [0.15, 0.2) is 0 Å². The first kappa shape index (κ1) is 17.6. The monoisotopic (exact) mass is 346 g/mol. The minimum Gasteiger partial charge on any atom is -0.339 e. The van der Waals surface area contributed by atoms with Gasteiger partial charge in [-0.3, -0.25) is 4.79 Å². The molecule has 0 saturated carbocycles. The Kier molecular flexibility index (Phi) is 5.27. The lowest BCUT2D eigenvalue weighted by Gasteiger charge is -2.10. The van der Waals surface area contributed by atoms with Gasteiger partial charge in [-0.2, -0.15) is 0 Å². The number of nitrogens with zero attached hydrogens (tertiary/aromatic N) is 2. The lowest BCUT2D eigenvalue weighted by atomic mass is 10.1. The summed E-state index contributed by atoms with van der Waals surface area (Å²) >= 11 is 0. The molecule has 0 atom stereocenters. The second kappa shape index (κ2) is 7.78. The van der Waals surface area contributed by atoms with Gasteiger partial charge in [-0.05, 0) is 55.2 Å². The molecule has 3 aromatic rings. The van der Waals surface area contributed by atoms with Crippen LogP contribution in [0.15, 0.2) is 54.9 Å². The molecule has 0 spiro atoms. The number of carbonyl (C=O) groups is 1. The molecule has 0 saturated heterocycles. The van der Waals surface area contributed by atoms with Crippen LogP contribution in [0.4, 0.5) is 17.2 Å². The number of nitrogens with one attached hydrogen (secondary N) is 2. The van der Waals surface area contributed by atoms with Gasteiger partial charge in [0, 0.05) is 11.4 Å². The van der Waals surface area contributed by atoms with Crippen LogP contribution in [0.2, 0.25) is 0 Å². The Labute approximate surface area is 153 Å². The summed E-state index contributed by atoms with van der Waals surface area (Å²) in [6.45, 7) is 6.19. The number of anilines is 3. The molecule has 0 radical (unpaired) electrons. The average molecular weight is 346 g/mol. The zero-order chi connectivity index (χ0) is 18.5. The first-order valence-corrected chi connectivity index (χ1v) is 8.62. The van der Waals surface area contributed by atoms with Crippen molar-refractivity contribution in [3.63, 3.8) is 0 Å². The third kappa shape index (κ3) is 4.06. The molecule has 0 aliphatic heterocycles. The SMILES string of the molecule is CCc1ccccc1NC(=O)c1cnc(Nc2ccc(C)c(C)c2)cn1. The third-order valence-electron chi connectivity index (χ3n) is 4.31. The fourth-order valence-electron chi connectivity index (χ4n) is 2.61. The van der Waals surface area contributed by atoms with Crippen LogP contribution in [0.5, 0.6) is 0 Å². The summed E-state index contributed by atoms with van der Waals surface area (Å²) in [7, 11) is 0. The Bertz CT molecular complexity index is 920. The Balaban J connectivity index is 1.70. The van der Waals surface area contributed by atoms with E-state index in [1.54, 1.807) is 6.20 Å². The molecule has 26 heavy (non-hydrogen) atoms. The quantitative estimate of drug-likeness (QED) is 0.705. The fourth-order valence-corrected chi connectivity index (χ4v) is 2.61. The van der Waals surface area contributed by atoms with Gasteiger partial charge in [0.1, 0.15) is 11.5 Å². The van der Waals surface area contributed by atoms with Crippen LogP contribution in [-0.2, 0) is 6.42 Å². The molecule has 5 nitrogen and oxygen atoms in total. The molecular weight excluding hydrogens is 324 g/mol. The minimum atomic E-state index is -0.267. The van der Waals surface area contributed by atoms with Crippen LogP contribution in [0.3, 0.4) is 0 Å². The van der Waals surface area contributed by atoms with Gasteiger partial charge in [-0.1, -0.05) is 31.2 Å². The largest absolute Gasteiger partial charge is 0.339 e. The summed E-state index contributed by atoms with van der Waals surface area (Å²) in [5.41, 5.74) is 5.55. The summed E-state index contributed by atoms with van der Waals surface area (Å²) in [5.74, 6) is 0.329. The van der Waals surface area contributed by atoms with E-state index in [0.29, 0.717) is 5.82 Å². The van der Waals surface area contributed by atoms with Crippen molar-refractivity contribution in [1.29, 1.82) is 0 Å². The molecule has 1 aromatic heterocycles. The van der Waals surface area contributed by atoms with E-state index in [1.165, 1.54) is 17.3 Å². The van der Waals surface area contributed by atoms with Gasteiger partial charge >= 0.3 is 0 Å². The van der Waals surface area contributed by atoms with Gasteiger partial charge < -0.3 is 10.6 Å². The molecule has 3 rings (SSSR count). The number of hydrogen-bond acceptors (Lipinski definition) is 4. The highest BCUT2D eigenvalue weighted by Gasteiger charge is 2.10. The van der Waals surface area contributed by atoms with Crippen molar-refractivity contribution in [2.45, 2.75) is 27.2 Å². The van der Waals surface area contributed by atoms with Crippen molar-refractivity contribution in [3.05, 3.63) is 77.2 Å². The van der Waals surface area contributed by atoms with Crippen molar-refractivity contribution in [2.75, 3.05) is 10.6 Å². The maximum absolute atomic E-state index is 12.4. The van der Waals surface area contributed by atoms with Gasteiger partial charge in [-0.15, -0.1) is 0 Å². The highest BCUT2D eigenvalue weighted by Crippen LogP contribution is 2.19. The van der Waals surface area contributed by atoms with Crippen LogP contribution >= 0.6 is 0 Å². The van der Waals surface area contributed by atoms with E-state index in [9.17, 15) is 4.79 Å². The summed E-state index contributed by atoms with van der Waals surface area (Å²) in [6, 6.07) is 13.8. The van der Waals surface area contributed by atoms with Crippen molar-refractivity contribution in [2.24, 2.45) is 0 Å². The molecule has 0 fully saturated rings. The van der Waals surface area contributed by atoms with Crippen LogP contribution in [0, 0.1) is 13.8 Å². The molecule has 5 heteroatoms. The molecular formula is C21H22N4O. The predicted molar refractivity (Wildman–Crippen MR) is 105 cm³/mol. The van der Waals surface area contributed by atoms with E-state index in [4.69, 9.17) is 0 Å². The highest BCUT2D eigenvalue weighted by atomic mass is 16.1. The summed E-state index contributed by atoms with van der Waals surface area (Å²) in [5, 5.41) is 6.10. The van der Waals surface area contributed by atoms with Crippen LogP contribution in [-0.4, -0.2) is 15.9 Å². The summed E-state index contributed by atoms with van der Waals surface area (Å²) < 4.78 is 0. The number of aromatic nitrogens is 2. The van der Waals surface area contributed by atoms with Gasteiger partial charge in [0.2, 0.25) is 0 Å². The predicted octanol–water partition coefficient (Wildman–Crippen LogP) is 4.65. The van der Waals surface area contributed by atoms with Crippen LogP contribution in [0.25, 0.3) is 0 Å². The zero-order valence-electron chi connectivity index (χ0n) is 15.2. The van der Waals surface area contributed by atoms with E-state index in [2.05, 4.69) is 53.5 Å². The maximum Gasteiger partial charge on any atom is 0.275 e. The molecule has 2 aromatic carbocycles. The smallest absolute Gasteiger partial charge is 0.275 e. The van der Waals surface area contributed by atoms with Gasteiger partial charge in [0.25, 0.3) is 5.91 Å². The second-order valence-electron chi connectivity index (χ2n) is 6.18. The fraction of sp³-hybridized carbons (Fsp3) is 0.190. The number of para-hydroxylation sites is 1. The lowest BCUT2D eigenvalue weighted by molar-refractivity contribution is 0.102. The molecule has 0 aliphatic carbocycles. The first-order valence-electron chi connectivity index (χ1n) is 8.62. The molecule has 132 valence electrons. The highest BCUT2D eigenvalue weighted by molar-refractivity contribution is 6.03. The van der Waals surface area contributed by atoms with Gasteiger partial charge in [-0.25, -0.2) is 9.97 Å². The number of rotatable bonds is 5. The Morgan fingerprint density at radius 1 is 1.00 bits per heavy atom. The van der Waals surface area contributed by atoms with Crippen molar-refractivity contribution >= 4 is 23.1 Å². The third-order valence-corrected chi connectivity index (χ3v) is 4.31. The average Bonchev–Trinajstić information content (AvgIpc) is 2.66. The zero-order valence-corrected chi connectivity index (χ0v) is 15.2. The molecule has 2 N–H and O–H groups in total. The van der Waals surface area contributed by atoms with E-state index in [-0.39, 0.29) is 11.6 Å². The van der Waals surface area contributed by atoms with Crippen molar-refractivity contribution in [1.82, 2.24) is 9.97 Å². The summed E-state index contributed by atoms with van der Waals surface area (Å²) in [6.07, 6.45) is 3.89. The van der Waals surface area contributed by atoms with Crippen LogP contribution in [0.1, 0.15) is 34.1 Å². The van der Waals surface area contributed by atoms with Crippen molar-refractivity contribution in [3.8, 4) is 0 Å². The van der Waals surface area contributed by atoms with Crippen LogP contribution < -0.4 is 10.6 Å². The molecule has 1 heterocycles. The topological polar surface area (TPSA) is 66.9 Å². The van der Waals surface area contributed by atoms with Crippen molar-refractivity contribution < 1.29 is 4.79 Å². The Morgan fingerprint density at radius 3 is 2.50 bits per heavy atom. The molecule has 1 amide bonds. The summed E-state index contributed by atoms with van der Waals surface area (Å²) in [4.78, 5) is 20.9. The van der Waals surface area contributed by atoms with E-state index >= 15 is 0 Å². The standard InChI is InChI=1S/C21H22N4O/c1-4-16-7-5-6-8-18(16)25-21(26)19-12-23-20(13-22-19)24-17-10-9-14(2)15(3)11-17/h5-13H,4H2,1-3H3,(H,23,24)(H,25,26). The number of benzene rings is 2. The van der Waals surface area contributed by atoms with E-state index < -0.39 is 0 Å². The second-order valence-corrected chi connectivity index (χ2v) is 6.18. The number of hydrogen-bond donors (Lipinski definition) is 2. The molecule has 0 bridgehead atoms. The Morgan fingerprint density at radius 2 is 1.81 bits per heavy atom. The first-order chi connectivity index (χ1) is 12.6. The normalized spacial score (nSPS) is 10.4.